The van der Waals surface area contributed by atoms with Gasteiger partial charge in [0.2, 0.25) is 0 Å². The van der Waals surface area contributed by atoms with Gasteiger partial charge in [0.25, 0.3) is 0 Å². The van der Waals surface area contributed by atoms with Crippen LogP contribution in [0.2, 0.25) is 0 Å². The normalized spacial score (nSPS) is 48.2. The highest BCUT2D eigenvalue weighted by atomic mass is 14.6. The molecule has 144 valence electrons. The Balaban J connectivity index is 1.58. The van der Waals surface area contributed by atoms with E-state index >= 15 is 0 Å². The molecule has 4 saturated carbocycles. The Bertz CT molecular complexity index is 589. The number of hydrogen-bond donors (Lipinski definition) is 1. The average molecular weight is 354 g/mol. The molecule has 0 saturated heterocycles. The molecule has 1 unspecified atom stereocenters. The number of nitrogens with one attached hydrogen (secondary N) is 1. The number of fused-ring (bicyclic) bond motifs is 5. The molecule has 0 bridgehead atoms. The molecular weight excluding hydrogens is 314 g/mol. The average Bonchev–Trinajstić information content (AvgIpc) is 2.97. The molecule has 1 N–H and O–H groups in total. The van der Waals surface area contributed by atoms with Crippen LogP contribution in [-0.4, -0.2) is 6.21 Å². The predicted octanol–water partition coefficient (Wildman–Crippen LogP) is 7.19. The molecule has 4 aliphatic carbocycles. The van der Waals surface area contributed by atoms with Crippen molar-refractivity contribution in [1.29, 1.82) is 5.41 Å². The van der Waals surface area contributed by atoms with E-state index in [0.717, 1.165) is 30.1 Å². The van der Waals surface area contributed by atoms with E-state index in [4.69, 9.17) is 5.41 Å². The lowest BCUT2D eigenvalue weighted by Crippen LogP contribution is -2.52. The van der Waals surface area contributed by atoms with E-state index in [1.165, 1.54) is 69.8 Å². The molecule has 0 radical (unpaired) electrons. The van der Waals surface area contributed by atoms with Crippen molar-refractivity contribution in [3.8, 4) is 0 Å². The number of allylic oxidation sites excluding steroid dienone is 3. The summed E-state index contributed by atoms with van der Waals surface area (Å²) in [5.41, 5.74) is 2.31. The van der Waals surface area contributed by atoms with Crippen molar-refractivity contribution in [3.63, 3.8) is 0 Å². The summed E-state index contributed by atoms with van der Waals surface area (Å²) in [5, 5.41) is 7.76. The number of rotatable bonds is 4. The van der Waals surface area contributed by atoms with Gasteiger partial charge >= 0.3 is 0 Å². The third kappa shape index (κ3) is 2.76. The Morgan fingerprint density at radius 1 is 0.962 bits per heavy atom. The Morgan fingerprint density at radius 3 is 2.54 bits per heavy atom. The third-order valence-corrected chi connectivity index (χ3v) is 9.64. The van der Waals surface area contributed by atoms with E-state index in [9.17, 15) is 0 Å². The Kier molecular flexibility index (Phi) is 4.95. The Labute approximate surface area is 161 Å². The summed E-state index contributed by atoms with van der Waals surface area (Å²) in [6.45, 7) is 9.16. The molecule has 7 atom stereocenters. The summed E-state index contributed by atoms with van der Waals surface area (Å²) in [4.78, 5) is 0. The van der Waals surface area contributed by atoms with Crippen molar-refractivity contribution >= 4 is 6.21 Å². The topological polar surface area (TPSA) is 23.9 Å². The summed E-state index contributed by atoms with van der Waals surface area (Å²) < 4.78 is 0. The predicted molar refractivity (Wildman–Crippen MR) is 112 cm³/mol. The first-order valence-corrected chi connectivity index (χ1v) is 11.3. The first-order chi connectivity index (χ1) is 12.5. The van der Waals surface area contributed by atoms with Gasteiger partial charge in [0.05, 0.1) is 0 Å². The van der Waals surface area contributed by atoms with Crippen molar-refractivity contribution in [2.75, 3.05) is 0 Å². The van der Waals surface area contributed by atoms with Crippen LogP contribution in [-0.2, 0) is 0 Å². The fourth-order valence-electron chi connectivity index (χ4n) is 8.21. The van der Waals surface area contributed by atoms with E-state index in [2.05, 4.69) is 26.5 Å². The van der Waals surface area contributed by atoms with Crippen molar-refractivity contribution in [2.24, 2.45) is 40.4 Å². The first kappa shape index (κ1) is 18.5. The summed E-state index contributed by atoms with van der Waals surface area (Å²) in [7, 11) is 0. The monoisotopic (exact) mass is 353 g/mol. The fourth-order valence-corrected chi connectivity index (χ4v) is 8.21. The quantitative estimate of drug-likeness (QED) is 0.408. The van der Waals surface area contributed by atoms with Gasteiger partial charge < -0.3 is 5.41 Å². The van der Waals surface area contributed by atoms with Crippen LogP contribution in [0.1, 0.15) is 84.5 Å². The fraction of sp³-hybridized carbons (Fsp3) is 0.800. The van der Waals surface area contributed by atoms with Gasteiger partial charge in [-0.3, -0.25) is 0 Å². The summed E-state index contributed by atoms with van der Waals surface area (Å²) in [6.07, 6.45) is 21.5. The molecule has 0 spiro atoms. The highest BCUT2D eigenvalue weighted by molar-refractivity contribution is 5.76. The van der Waals surface area contributed by atoms with Crippen LogP contribution in [0.4, 0.5) is 0 Å². The molecule has 1 nitrogen and oxygen atoms in total. The lowest BCUT2D eigenvalue weighted by Gasteiger charge is -2.60. The number of hydrogen-bond acceptors (Lipinski definition) is 1. The van der Waals surface area contributed by atoms with E-state index in [1.54, 1.807) is 6.21 Å². The maximum Gasteiger partial charge on any atom is 0.0209 e. The Morgan fingerprint density at radius 2 is 1.77 bits per heavy atom. The highest BCUT2D eigenvalue weighted by Crippen LogP contribution is 2.67. The second kappa shape index (κ2) is 6.95. The summed E-state index contributed by atoms with van der Waals surface area (Å²) in [6, 6.07) is 0. The van der Waals surface area contributed by atoms with Crippen molar-refractivity contribution < 1.29 is 0 Å². The molecule has 0 amide bonds. The minimum Gasteiger partial charge on any atom is -0.308 e. The standard InChI is InChI=1S/C25H39N/c1-4-7-18(17-26)16-20-10-12-22-21-11-9-19-8-5-6-14-24(19,2)23(21)13-15-25(20,22)3/h4,16-17,19-23,26H,1,5-15H2,2-3H3/b18-16-,26-17?/t19-,20?,21-,22+,23-,24-,25+/m0/s1. The van der Waals surface area contributed by atoms with Crippen LogP contribution in [0.5, 0.6) is 0 Å². The maximum absolute atomic E-state index is 7.76. The van der Waals surface area contributed by atoms with Crippen LogP contribution in [0.25, 0.3) is 0 Å². The summed E-state index contributed by atoms with van der Waals surface area (Å²) >= 11 is 0. The van der Waals surface area contributed by atoms with E-state index in [1.807, 2.05) is 6.08 Å². The summed E-state index contributed by atoms with van der Waals surface area (Å²) in [5.74, 6) is 4.61. The van der Waals surface area contributed by atoms with Gasteiger partial charge in [-0.05, 0) is 104 Å². The molecule has 4 rings (SSSR count). The lowest BCUT2D eigenvalue weighted by atomic mass is 9.45. The SMILES string of the molecule is C=CC/C(C=N)=C/C1CC[C@@H]2[C@@H]3CC[C@@H]4CCCC[C@]4(C)[C@H]3CC[C@]12C. The van der Waals surface area contributed by atoms with Gasteiger partial charge in [-0.15, -0.1) is 6.58 Å². The van der Waals surface area contributed by atoms with Crippen molar-refractivity contribution in [1.82, 2.24) is 0 Å². The van der Waals surface area contributed by atoms with Gasteiger partial charge in [-0.2, -0.15) is 0 Å². The molecule has 0 aromatic carbocycles. The molecule has 4 aliphatic rings. The van der Waals surface area contributed by atoms with E-state index in [-0.39, 0.29) is 0 Å². The van der Waals surface area contributed by atoms with E-state index < -0.39 is 0 Å². The molecule has 1 heteroatoms. The molecule has 0 aliphatic heterocycles. The molecular formula is C25H39N. The maximum atomic E-state index is 7.76. The minimum absolute atomic E-state index is 0.481. The van der Waals surface area contributed by atoms with Crippen LogP contribution < -0.4 is 0 Å². The van der Waals surface area contributed by atoms with Gasteiger partial charge in [-0.25, -0.2) is 0 Å². The largest absolute Gasteiger partial charge is 0.308 e. The van der Waals surface area contributed by atoms with Crippen LogP contribution in [0, 0.1) is 45.8 Å². The van der Waals surface area contributed by atoms with Crippen molar-refractivity contribution in [2.45, 2.75) is 84.5 Å². The van der Waals surface area contributed by atoms with Gasteiger partial charge in [0, 0.05) is 6.21 Å². The smallest absolute Gasteiger partial charge is 0.0209 e. The zero-order valence-electron chi connectivity index (χ0n) is 17.1. The second-order valence-electron chi connectivity index (χ2n) is 10.5. The molecule has 0 heterocycles. The highest BCUT2D eigenvalue weighted by Gasteiger charge is 2.59. The second-order valence-corrected chi connectivity index (χ2v) is 10.5. The zero-order chi connectivity index (χ0) is 18.4. The van der Waals surface area contributed by atoms with Crippen LogP contribution in [0.15, 0.2) is 24.3 Å². The first-order valence-electron chi connectivity index (χ1n) is 11.3. The van der Waals surface area contributed by atoms with Crippen LogP contribution >= 0.6 is 0 Å². The molecule has 0 aromatic rings. The lowest BCUT2D eigenvalue weighted by molar-refractivity contribution is -0.107. The van der Waals surface area contributed by atoms with Crippen LogP contribution in [0.3, 0.4) is 0 Å². The van der Waals surface area contributed by atoms with Crippen molar-refractivity contribution in [3.05, 3.63) is 24.3 Å². The van der Waals surface area contributed by atoms with Gasteiger partial charge in [-0.1, -0.05) is 38.8 Å². The van der Waals surface area contributed by atoms with E-state index in [0.29, 0.717) is 16.7 Å². The Hall–Kier alpha value is -0.850. The zero-order valence-corrected chi connectivity index (χ0v) is 17.1. The minimum atomic E-state index is 0.481. The molecule has 26 heavy (non-hydrogen) atoms. The van der Waals surface area contributed by atoms with Gasteiger partial charge in [0.15, 0.2) is 0 Å². The molecule has 4 fully saturated rings. The third-order valence-electron chi connectivity index (χ3n) is 9.64. The van der Waals surface area contributed by atoms with Gasteiger partial charge in [0.1, 0.15) is 0 Å². The molecule has 0 aromatic heterocycles.